The van der Waals surface area contributed by atoms with Crippen LogP contribution in [0, 0.1) is 6.92 Å². The van der Waals surface area contributed by atoms with Crippen molar-refractivity contribution in [3.63, 3.8) is 0 Å². The Morgan fingerprint density at radius 2 is 1.91 bits per heavy atom. The van der Waals surface area contributed by atoms with Gasteiger partial charge < -0.3 is 19.8 Å². The normalized spacial score (nSPS) is 20.2. The van der Waals surface area contributed by atoms with E-state index in [0.717, 1.165) is 16.7 Å². The van der Waals surface area contributed by atoms with Crippen LogP contribution in [0.1, 0.15) is 46.1 Å². The van der Waals surface area contributed by atoms with Crippen molar-refractivity contribution >= 4 is 31.6 Å². The molecule has 1 aliphatic rings. The van der Waals surface area contributed by atoms with Gasteiger partial charge in [-0.25, -0.2) is 14.2 Å². The van der Waals surface area contributed by atoms with Gasteiger partial charge in [-0.2, -0.15) is 0 Å². The van der Waals surface area contributed by atoms with Gasteiger partial charge in [0.1, 0.15) is 17.4 Å². The van der Waals surface area contributed by atoms with Gasteiger partial charge in [-0.05, 0) is 66.9 Å². The summed E-state index contributed by atoms with van der Waals surface area (Å²) in [5.41, 5.74) is 2.18. The fraction of sp³-hybridized carbons (Fsp3) is 0.538. The van der Waals surface area contributed by atoms with Gasteiger partial charge in [0.15, 0.2) is 8.32 Å². The summed E-state index contributed by atoms with van der Waals surface area (Å²) in [6.07, 6.45) is 0.664. The van der Waals surface area contributed by atoms with Crippen LogP contribution in [0.2, 0.25) is 23.3 Å². The average molecular weight is 522 g/mol. The molecule has 0 unspecified atom stereocenters. The Labute approximate surface area is 214 Å². The van der Waals surface area contributed by atoms with Gasteiger partial charge in [-0.1, -0.05) is 38.4 Å². The van der Waals surface area contributed by atoms with E-state index >= 15 is 0 Å². The maximum Gasteiger partial charge on any atom is 0.319 e. The van der Waals surface area contributed by atoms with E-state index in [4.69, 9.17) is 20.8 Å². The molecule has 0 spiro atoms. The van der Waals surface area contributed by atoms with Crippen molar-refractivity contribution in [1.82, 2.24) is 10.3 Å². The van der Waals surface area contributed by atoms with E-state index in [-0.39, 0.29) is 17.1 Å². The third-order valence-electron chi connectivity index (χ3n) is 6.86. The number of carbonyl (C=O) groups is 1. The van der Waals surface area contributed by atoms with Gasteiger partial charge in [0.2, 0.25) is 5.88 Å². The molecule has 3 rings (SSSR count). The smallest absolute Gasteiger partial charge is 0.319 e. The number of nitrogens with one attached hydrogen (secondary N) is 2. The molecule has 1 heterocycles. The summed E-state index contributed by atoms with van der Waals surface area (Å²) >= 11 is 6.30. The largest absolute Gasteiger partial charge is 0.475 e. The van der Waals surface area contributed by atoms with Crippen molar-refractivity contribution in [1.29, 1.82) is 0 Å². The summed E-state index contributed by atoms with van der Waals surface area (Å²) < 4.78 is 25.7. The number of rotatable bonds is 8. The Balaban J connectivity index is 1.65. The molecule has 6 nitrogen and oxygen atoms in total. The van der Waals surface area contributed by atoms with Gasteiger partial charge in [0, 0.05) is 30.6 Å². The molecule has 0 aliphatic heterocycles. The van der Waals surface area contributed by atoms with E-state index in [1.165, 1.54) is 0 Å². The van der Waals surface area contributed by atoms with Gasteiger partial charge in [0.25, 0.3) is 0 Å². The number of hydrogen-bond donors (Lipinski definition) is 2. The van der Waals surface area contributed by atoms with Gasteiger partial charge in [0.05, 0.1) is 6.61 Å². The van der Waals surface area contributed by atoms with E-state index in [1.807, 2.05) is 31.2 Å². The number of anilines is 1. The lowest BCUT2D eigenvalue weighted by molar-refractivity contribution is 0.0534. The molecule has 2 N–H and O–H groups in total. The Hall–Kier alpha value is -2.16. The molecule has 0 saturated heterocycles. The van der Waals surface area contributed by atoms with Crippen LogP contribution in [-0.2, 0) is 4.43 Å². The molecular weight excluding hydrogens is 485 g/mol. The highest BCUT2D eigenvalue weighted by Crippen LogP contribution is 2.37. The number of carbonyl (C=O) groups excluding carboxylic acids is 1. The second-order valence-electron chi connectivity index (χ2n) is 11.1. The zero-order chi connectivity index (χ0) is 26.0. The first-order chi connectivity index (χ1) is 16.1. The van der Waals surface area contributed by atoms with Crippen LogP contribution in [0.15, 0.2) is 30.3 Å². The van der Waals surface area contributed by atoms with Crippen LogP contribution in [0.3, 0.4) is 0 Å². The van der Waals surface area contributed by atoms with Crippen molar-refractivity contribution < 1.29 is 18.3 Å². The molecule has 0 radical (unpaired) electrons. The summed E-state index contributed by atoms with van der Waals surface area (Å²) in [4.78, 5) is 16.6. The first-order valence-electron chi connectivity index (χ1n) is 12.0. The lowest BCUT2D eigenvalue weighted by Gasteiger charge is -2.38. The Morgan fingerprint density at radius 3 is 2.54 bits per heavy atom. The van der Waals surface area contributed by atoms with Crippen LogP contribution in [0.5, 0.6) is 5.88 Å². The third-order valence-corrected chi connectivity index (χ3v) is 11.6. The molecule has 1 aromatic heterocycles. The minimum atomic E-state index is -1.85. The molecule has 192 valence electrons. The van der Waals surface area contributed by atoms with E-state index in [0.29, 0.717) is 42.8 Å². The molecule has 2 amide bonds. The molecule has 35 heavy (non-hydrogen) atoms. The van der Waals surface area contributed by atoms with Crippen LogP contribution < -0.4 is 15.4 Å². The summed E-state index contributed by atoms with van der Waals surface area (Å²) in [6.45, 7) is 15.4. The lowest BCUT2D eigenvalue weighted by Crippen LogP contribution is -2.52. The fourth-order valence-electron chi connectivity index (χ4n) is 3.79. The number of aromatic nitrogens is 1. The summed E-state index contributed by atoms with van der Waals surface area (Å²) in [5, 5.41) is 6.10. The van der Waals surface area contributed by atoms with Crippen molar-refractivity contribution in [2.45, 2.75) is 77.3 Å². The van der Waals surface area contributed by atoms with Crippen LogP contribution in [-0.4, -0.2) is 44.3 Å². The number of amides is 2. The van der Waals surface area contributed by atoms with Gasteiger partial charge in [-0.15, -0.1) is 0 Å². The minimum absolute atomic E-state index is 0.133. The molecule has 0 bridgehead atoms. The molecule has 1 fully saturated rings. The number of alkyl halides is 1. The predicted molar refractivity (Wildman–Crippen MR) is 143 cm³/mol. The van der Waals surface area contributed by atoms with E-state index in [1.54, 1.807) is 13.0 Å². The highest BCUT2D eigenvalue weighted by molar-refractivity contribution is 6.74. The number of nitrogens with zero attached hydrogens (tertiary/aromatic N) is 1. The highest BCUT2D eigenvalue weighted by atomic mass is 35.5. The molecule has 9 heteroatoms. The highest BCUT2D eigenvalue weighted by Gasteiger charge is 2.41. The number of aryl methyl sites for hydroxylation is 1. The van der Waals surface area contributed by atoms with Gasteiger partial charge >= 0.3 is 6.03 Å². The molecule has 0 atom stereocenters. The number of benzene rings is 1. The quantitative estimate of drug-likeness (QED) is 0.220. The summed E-state index contributed by atoms with van der Waals surface area (Å²) in [6, 6.07) is 8.74. The van der Waals surface area contributed by atoms with E-state index < -0.39 is 14.0 Å². The standard InChI is InChI=1S/C26H37ClFN3O3Si/c1-17-8-9-19(29-24(32)30-20-15-26(5,28)16-20)14-21(17)18-12-22(27)31-23(13-18)33-10-11-34-35(6,7)25(2,3)4/h8-9,12-14,20H,10-11,15-16H2,1-7H3,(H2,29,30,32)/t20-,26-. The lowest BCUT2D eigenvalue weighted by atomic mass is 9.79. The van der Waals surface area contributed by atoms with Crippen molar-refractivity contribution in [3.8, 4) is 17.0 Å². The van der Waals surface area contributed by atoms with Crippen LogP contribution in [0.25, 0.3) is 11.1 Å². The van der Waals surface area contributed by atoms with Gasteiger partial charge in [-0.3, -0.25) is 0 Å². The second-order valence-corrected chi connectivity index (χ2v) is 16.3. The number of hydrogen-bond acceptors (Lipinski definition) is 4. The number of ether oxygens (including phenoxy) is 1. The predicted octanol–water partition coefficient (Wildman–Crippen LogP) is 7.12. The summed E-state index contributed by atoms with van der Waals surface area (Å²) in [7, 11) is -1.85. The average Bonchev–Trinajstić information content (AvgIpc) is 2.70. The molecular formula is C26H37ClFN3O3Si. The van der Waals surface area contributed by atoms with Crippen LogP contribution in [0.4, 0.5) is 14.9 Å². The Bertz CT molecular complexity index is 1060. The maximum absolute atomic E-state index is 13.7. The molecule has 1 saturated carbocycles. The maximum atomic E-state index is 13.7. The topological polar surface area (TPSA) is 72.5 Å². The fourth-order valence-corrected chi connectivity index (χ4v) is 5.02. The van der Waals surface area contributed by atoms with E-state index in [9.17, 15) is 9.18 Å². The first-order valence-corrected chi connectivity index (χ1v) is 15.3. The number of pyridine rings is 1. The van der Waals surface area contributed by atoms with Crippen molar-refractivity contribution in [2.24, 2.45) is 0 Å². The number of urea groups is 1. The first kappa shape index (κ1) is 27.4. The molecule has 2 aromatic rings. The van der Waals surface area contributed by atoms with Crippen LogP contribution >= 0.6 is 11.6 Å². The zero-order valence-electron chi connectivity index (χ0n) is 21.7. The Kier molecular flexibility index (Phi) is 8.18. The van der Waals surface area contributed by atoms with Crippen molar-refractivity contribution in [3.05, 3.63) is 41.0 Å². The van der Waals surface area contributed by atoms with Crippen molar-refractivity contribution in [2.75, 3.05) is 18.5 Å². The third kappa shape index (κ3) is 7.41. The molecule has 1 aliphatic carbocycles. The minimum Gasteiger partial charge on any atom is -0.475 e. The zero-order valence-corrected chi connectivity index (χ0v) is 23.5. The monoisotopic (exact) mass is 521 g/mol. The Morgan fingerprint density at radius 1 is 1.23 bits per heavy atom. The SMILES string of the molecule is Cc1ccc(NC(=O)N[C@H]2C[C@](C)(F)C2)cc1-c1cc(Cl)nc(OCCO[Si](C)(C)C(C)(C)C)c1. The summed E-state index contributed by atoms with van der Waals surface area (Å²) in [5.74, 6) is 0.418. The molecule has 1 aromatic carbocycles. The number of halogens is 2. The van der Waals surface area contributed by atoms with E-state index in [2.05, 4.69) is 49.5 Å². The second kappa shape index (κ2) is 10.4.